The Bertz CT molecular complexity index is 932. The van der Waals surface area contributed by atoms with E-state index in [1.807, 2.05) is 74.5 Å². The first kappa shape index (κ1) is 18.4. The number of carbonyl (C=O) groups is 1. The van der Waals surface area contributed by atoms with Gasteiger partial charge >= 0.3 is 0 Å². The minimum absolute atomic E-state index is 0.231. The van der Waals surface area contributed by atoms with E-state index in [4.69, 9.17) is 4.74 Å². The highest BCUT2D eigenvalue weighted by Gasteiger charge is 2.04. The minimum Gasteiger partial charge on any atom is -0.489 e. The van der Waals surface area contributed by atoms with E-state index < -0.39 is 0 Å². The van der Waals surface area contributed by atoms with Gasteiger partial charge in [-0.2, -0.15) is 5.10 Å². The predicted octanol–water partition coefficient (Wildman–Crippen LogP) is 4.65. The number of ether oxygens (including phenoxy) is 1. The second kappa shape index (κ2) is 8.81. The van der Waals surface area contributed by atoms with Crippen molar-refractivity contribution in [1.29, 1.82) is 0 Å². The van der Waals surface area contributed by atoms with E-state index in [0.717, 1.165) is 28.0 Å². The van der Waals surface area contributed by atoms with Crippen LogP contribution in [-0.2, 0) is 6.61 Å². The molecule has 0 atom stereocenters. The summed E-state index contributed by atoms with van der Waals surface area (Å²) in [6.07, 6.45) is 1.63. The minimum atomic E-state index is -0.231. The number of carbonyl (C=O) groups excluding carboxylic acids is 1. The van der Waals surface area contributed by atoms with Gasteiger partial charge in [-0.05, 0) is 60.9 Å². The largest absolute Gasteiger partial charge is 0.489 e. The molecule has 0 aliphatic rings. The molecule has 3 aromatic rings. The lowest BCUT2D eigenvalue weighted by Gasteiger charge is -2.09. The lowest BCUT2D eigenvalue weighted by Crippen LogP contribution is -2.17. The van der Waals surface area contributed by atoms with Crippen LogP contribution in [0.15, 0.2) is 77.9 Å². The van der Waals surface area contributed by atoms with Gasteiger partial charge in [-0.25, -0.2) is 5.43 Å². The number of nitrogens with one attached hydrogen (secondary N) is 1. The number of amides is 1. The average Bonchev–Trinajstić information content (AvgIpc) is 2.68. The summed E-state index contributed by atoms with van der Waals surface area (Å²) in [7, 11) is 0. The van der Waals surface area contributed by atoms with Crippen molar-refractivity contribution in [2.75, 3.05) is 0 Å². The summed E-state index contributed by atoms with van der Waals surface area (Å²) in [5.74, 6) is 0.602. The van der Waals surface area contributed by atoms with Gasteiger partial charge in [-0.15, -0.1) is 0 Å². The molecular formula is C23H22N2O2. The molecule has 0 aromatic heterocycles. The Morgan fingerprint density at radius 1 is 1.00 bits per heavy atom. The van der Waals surface area contributed by atoms with Crippen LogP contribution in [0.5, 0.6) is 5.75 Å². The monoisotopic (exact) mass is 358 g/mol. The first-order valence-corrected chi connectivity index (χ1v) is 8.79. The van der Waals surface area contributed by atoms with Gasteiger partial charge in [0.2, 0.25) is 0 Å². The molecule has 27 heavy (non-hydrogen) atoms. The standard InChI is InChI=1S/C23H22N2O2/c1-17-8-11-21(12-9-17)23(26)25-24-15-20-10-13-22(18(2)14-20)27-16-19-6-4-3-5-7-19/h3-15H,16H2,1-2H3,(H,25,26)/b24-15+. The van der Waals surface area contributed by atoms with Gasteiger partial charge in [-0.3, -0.25) is 4.79 Å². The zero-order valence-electron chi connectivity index (χ0n) is 15.5. The van der Waals surface area contributed by atoms with Crippen LogP contribution < -0.4 is 10.2 Å². The van der Waals surface area contributed by atoms with Crippen molar-refractivity contribution in [3.63, 3.8) is 0 Å². The molecule has 4 heteroatoms. The fourth-order valence-electron chi connectivity index (χ4n) is 2.59. The molecule has 136 valence electrons. The van der Waals surface area contributed by atoms with Gasteiger partial charge in [0.15, 0.2) is 0 Å². The maximum absolute atomic E-state index is 12.0. The predicted molar refractivity (Wildman–Crippen MR) is 108 cm³/mol. The van der Waals surface area contributed by atoms with E-state index in [0.29, 0.717) is 12.2 Å². The molecule has 3 aromatic carbocycles. The highest BCUT2D eigenvalue weighted by atomic mass is 16.5. The normalized spacial score (nSPS) is 10.7. The number of benzene rings is 3. The van der Waals surface area contributed by atoms with Crippen molar-refractivity contribution in [2.24, 2.45) is 5.10 Å². The maximum Gasteiger partial charge on any atom is 0.271 e. The first-order valence-electron chi connectivity index (χ1n) is 8.79. The van der Waals surface area contributed by atoms with Gasteiger partial charge in [0.25, 0.3) is 5.91 Å². The number of hydrazone groups is 1. The van der Waals surface area contributed by atoms with E-state index in [-0.39, 0.29) is 5.91 Å². The zero-order valence-corrected chi connectivity index (χ0v) is 15.5. The van der Waals surface area contributed by atoms with E-state index in [2.05, 4.69) is 10.5 Å². The number of nitrogens with zero attached hydrogens (tertiary/aromatic N) is 1. The molecule has 0 saturated carbocycles. The Morgan fingerprint density at radius 2 is 1.74 bits per heavy atom. The molecule has 0 saturated heterocycles. The Labute approximate surface area is 159 Å². The van der Waals surface area contributed by atoms with Gasteiger partial charge in [-0.1, -0.05) is 48.0 Å². The zero-order chi connectivity index (χ0) is 19.1. The molecule has 0 fully saturated rings. The lowest BCUT2D eigenvalue weighted by atomic mass is 10.1. The van der Waals surface area contributed by atoms with E-state index in [1.165, 1.54) is 0 Å². The van der Waals surface area contributed by atoms with Crippen LogP contribution in [0.2, 0.25) is 0 Å². The molecule has 1 amide bonds. The Morgan fingerprint density at radius 3 is 2.44 bits per heavy atom. The molecule has 1 N–H and O–H groups in total. The molecule has 0 spiro atoms. The summed E-state index contributed by atoms with van der Waals surface area (Å²) in [6, 6.07) is 23.2. The summed E-state index contributed by atoms with van der Waals surface area (Å²) in [6.45, 7) is 4.50. The molecule has 3 rings (SSSR count). The second-order valence-corrected chi connectivity index (χ2v) is 6.36. The van der Waals surface area contributed by atoms with Crippen molar-refractivity contribution >= 4 is 12.1 Å². The highest BCUT2D eigenvalue weighted by molar-refractivity contribution is 5.94. The summed E-state index contributed by atoms with van der Waals surface area (Å²) < 4.78 is 5.87. The third-order valence-corrected chi connectivity index (χ3v) is 4.13. The van der Waals surface area contributed by atoms with Gasteiger partial charge in [0, 0.05) is 5.56 Å². The molecule has 0 unspecified atom stereocenters. The van der Waals surface area contributed by atoms with Crippen molar-refractivity contribution in [3.8, 4) is 5.75 Å². The topological polar surface area (TPSA) is 50.7 Å². The van der Waals surface area contributed by atoms with Crippen molar-refractivity contribution in [3.05, 3.63) is 101 Å². The molecule has 0 aliphatic heterocycles. The van der Waals surface area contributed by atoms with Crippen molar-refractivity contribution in [2.45, 2.75) is 20.5 Å². The Kier molecular flexibility index (Phi) is 6.00. The van der Waals surface area contributed by atoms with Crippen molar-refractivity contribution < 1.29 is 9.53 Å². The molecular weight excluding hydrogens is 336 g/mol. The summed E-state index contributed by atoms with van der Waals surface area (Å²) in [5.41, 5.74) is 7.27. The molecule has 0 heterocycles. The lowest BCUT2D eigenvalue weighted by molar-refractivity contribution is 0.0955. The highest BCUT2D eigenvalue weighted by Crippen LogP contribution is 2.19. The Hall–Kier alpha value is -3.40. The summed E-state index contributed by atoms with van der Waals surface area (Å²) in [4.78, 5) is 12.0. The Balaban J connectivity index is 1.57. The second-order valence-electron chi connectivity index (χ2n) is 6.36. The van der Waals surface area contributed by atoms with Crippen LogP contribution >= 0.6 is 0 Å². The fraction of sp³-hybridized carbons (Fsp3) is 0.130. The smallest absolute Gasteiger partial charge is 0.271 e. The number of hydrogen-bond acceptors (Lipinski definition) is 3. The van der Waals surface area contributed by atoms with Gasteiger partial charge in [0.05, 0.1) is 6.21 Å². The number of hydrogen-bond donors (Lipinski definition) is 1. The van der Waals surface area contributed by atoms with Crippen LogP contribution in [0.3, 0.4) is 0 Å². The first-order chi connectivity index (χ1) is 13.1. The average molecular weight is 358 g/mol. The molecule has 0 radical (unpaired) electrons. The van der Waals surface area contributed by atoms with E-state index >= 15 is 0 Å². The van der Waals surface area contributed by atoms with Crippen LogP contribution in [-0.4, -0.2) is 12.1 Å². The SMILES string of the molecule is Cc1ccc(C(=O)N/N=C/c2ccc(OCc3ccccc3)c(C)c2)cc1. The molecule has 0 bridgehead atoms. The van der Waals surface area contributed by atoms with Crippen LogP contribution in [0.4, 0.5) is 0 Å². The number of rotatable bonds is 6. The van der Waals surface area contributed by atoms with E-state index in [1.54, 1.807) is 18.3 Å². The van der Waals surface area contributed by atoms with Gasteiger partial charge in [0.1, 0.15) is 12.4 Å². The third-order valence-electron chi connectivity index (χ3n) is 4.13. The summed E-state index contributed by atoms with van der Waals surface area (Å²) >= 11 is 0. The van der Waals surface area contributed by atoms with Crippen molar-refractivity contribution in [1.82, 2.24) is 5.43 Å². The van der Waals surface area contributed by atoms with Gasteiger partial charge < -0.3 is 4.74 Å². The van der Waals surface area contributed by atoms with Crippen LogP contribution in [0, 0.1) is 13.8 Å². The third kappa shape index (κ3) is 5.28. The maximum atomic E-state index is 12.0. The molecule has 4 nitrogen and oxygen atoms in total. The fourth-order valence-corrected chi connectivity index (χ4v) is 2.59. The summed E-state index contributed by atoms with van der Waals surface area (Å²) in [5, 5.41) is 4.04. The van der Waals surface area contributed by atoms with Crippen LogP contribution in [0.25, 0.3) is 0 Å². The quantitative estimate of drug-likeness (QED) is 0.515. The van der Waals surface area contributed by atoms with E-state index in [9.17, 15) is 4.79 Å². The number of aryl methyl sites for hydroxylation is 2. The molecule has 0 aliphatic carbocycles. The van der Waals surface area contributed by atoms with Crippen LogP contribution in [0.1, 0.15) is 32.6 Å².